The van der Waals surface area contributed by atoms with Gasteiger partial charge in [0.1, 0.15) is 0 Å². The number of nitrogens with zero attached hydrogens (tertiary/aromatic N) is 1. The molecule has 0 saturated carbocycles. The molecule has 1 aromatic rings. The van der Waals surface area contributed by atoms with Gasteiger partial charge in [-0.1, -0.05) is 6.92 Å². The molecule has 1 saturated heterocycles. The average Bonchev–Trinajstić information content (AvgIpc) is 2.61. The van der Waals surface area contributed by atoms with E-state index >= 15 is 0 Å². The molecular weight excluding hydrogens is 262 g/mol. The van der Waals surface area contributed by atoms with Crippen LogP contribution in [0.2, 0.25) is 0 Å². The molecule has 1 atom stereocenters. The molecule has 1 aliphatic rings. The largest absolute Gasteiger partial charge is 0.337 e. The predicted molar refractivity (Wildman–Crippen MR) is 61.2 cm³/mol. The second-order valence-electron chi connectivity index (χ2n) is 3.79. The summed E-state index contributed by atoms with van der Waals surface area (Å²) in [5.74, 6) is 0.813. The SMILES string of the molecule is CC1CC(=O)N(Cc2ccc(Br)s2)C1. The minimum Gasteiger partial charge on any atom is -0.337 e. The highest BCUT2D eigenvalue weighted by Gasteiger charge is 2.26. The molecule has 1 aromatic heterocycles. The zero-order valence-electron chi connectivity index (χ0n) is 8.00. The number of thiophene rings is 1. The first-order chi connectivity index (χ1) is 6.65. The van der Waals surface area contributed by atoms with Crippen molar-refractivity contribution in [3.05, 3.63) is 20.8 Å². The van der Waals surface area contributed by atoms with Crippen LogP contribution in [0.1, 0.15) is 18.2 Å². The third-order valence-corrected chi connectivity index (χ3v) is 3.99. The van der Waals surface area contributed by atoms with Crippen molar-refractivity contribution < 1.29 is 4.79 Å². The molecule has 0 spiro atoms. The van der Waals surface area contributed by atoms with Gasteiger partial charge in [0.2, 0.25) is 5.91 Å². The fraction of sp³-hybridized carbons (Fsp3) is 0.500. The lowest BCUT2D eigenvalue weighted by Gasteiger charge is -2.14. The van der Waals surface area contributed by atoms with Crippen LogP contribution in [0.5, 0.6) is 0 Å². The van der Waals surface area contributed by atoms with Crippen molar-refractivity contribution in [2.45, 2.75) is 19.9 Å². The molecule has 1 aliphatic heterocycles. The van der Waals surface area contributed by atoms with Crippen LogP contribution in [0.25, 0.3) is 0 Å². The average molecular weight is 274 g/mol. The molecule has 2 rings (SSSR count). The molecule has 2 heterocycles. The number of halogens is 1. The van der Waals surface area contributed by atoms with Gasteiger partial charge in [0.25, 0.3) is 0 Å². The van der Waals surface area contributed by atoms with Crippen molar-refractivity contribution >= 4 is 33.2 Å². The maximum absolute atomic E-state index is 11.5. The summed E-state index contributed by atoms with van der Waals surface area (Å²) in [4.78, 5) is 14.7. The third-order valence-electron chi connectivity index (χ3n) is 2.38. The molecule has 0 bridgehead atoms. The molecular formula is C10H12BrNOS. The smallest absolute Gasteiger partial charge is 0.223 e. The molecule has 14 heavy (non-hydrogen) atoms. The third kappa shape index (κ3) is 2.17. The van der Waals surface area contributed by atoms with Crippen LogP contribution >= 0.6 is 27.3 Å². The highest BCUT2D eigenvalue weighted by Crippen LogP contribution is 2.26. The first kappa shape index (κ1) is 10.2. The molecule has 76 valence electrons. The molecule has 0 radical (unpaired) electrons. The van der Waals surface area contributed by atoms with E-state index in [-0.39, 0.29) is 0 Å². The highest BCUT2D eigenvalue weighted by molar-refractivity contribution is 9.11. The van der Waals surface area contributed by atoms with E-state index in [9.17, 15) is 4.79 Å². The first-order valence-corrected chi connectivity index (χ1v) is 6.28. The van der Waals surface area contributed by atoms with Crippen LogP contribution in [-0.4, -0.2) is 17.4 Å². The van der Waals surface area contributed by atoms with E-state index in [1.807, 2.05) is 11.0 Å². The van der Waals surface area contributed by atoms with Crippen molar-refractivity contribution in [3.63, 3.8) is 0 Å². The lowest BCUT2D eigenvalue weighted by Crippen LogP contribution is -2.23. The monoisotopic (exact) mass is 273 g/mol. The fourth-order valence-corrected chi connectivity index (χ4v) is 3.25. The molecule has 2 nitrogen and oxygen atoms in total. The number of carbonyl (C=O) groups excluding carboxylic acids is 1. The number of hydrogen-bond acceptors (Lipinski definition) is 2. The van der Waals surface area contributed by atoms with E-state index in [0.717, 1.165) is 16.9 Å². The maximum Gasteiger partial charge on any atom is 0.223 e. The Morgan fingerprint density at radius 2 is 2.43 bits per heavy atom. The van der Waals surface area contributed by atoms with Gasteiger partial charge in [-0.25, -0.2) is 0 Å². The standard InChI is InChI=1S/C10H12BrNOS/c1-7-4-10(13)12(5-7)6-8-2-3-9(11)14-8/h2-3,7H,4-6H2,1H3. The molecule has 0 aliphatic carbocycles. The van der Waals surface area contributed by atoms with E-state index in [4.69, 9.17) is 0 Å². The maximum atomic E-state index is 11.5. The van der Waals surface area contributed by atoms with Gasteiger partial charge in [0, 0.05) is 17.8 Å². The Balaban J connectivity index is 2.01. The van der Waals surface area contributed by atoms with Crippen molar-refractivity contribution in [1.82, 2.24) is 4.90 Å². The number of rotatable bonds is 2. The van der Waals surface area contributed by atoms with Crippen LogP contribution in [0.15, 0.2) is 15.9 Å². The van der Waals surface area contributed by atoms with E-state index in [0.29, 0.717) is 18.2 Å². The summed E-state index contributed by atoms with van der Waals surface area (Å²) in [6, 6.07) is 4.11. The minimum atomic E-state index is 0.294. The Morgan fingerprint density at radius 3 is 2.93 bits per heavy atom. The zero-order valence-corrected chi connectivity index (χ0v) is 10.4. The lowest BCUT2D eigenvalue weighted by atomic mass is 10.2. The zero-order chi connectivity index (χ0) is 10.1. The number of carbonyl (C=O) groups is 1. The summed E-state index contributed by atoms with van der Waals surface area (Å²) in [7, 11) is 0. The van der Waals surface area contributed by atoms with Gasteiger partial charge >= 0.3 is 0 Å². The van der Waals surface area contributed by atoms with Crippen LogP contribution in [0, 0.1) is 5.92 Å². The van der Waals surface area contributed by atoms with Crippen LogP contribution < -0.4 is 0 Å². The highest BCUT2D eigenvalue weighted by atomic mass is 79.9. The Hall–Kier alpha value is -0.350. The summed E-state index contributed by atoms with van der Waals surface area (Å²) in [6.07, 6.45) is 0.715. The molecule has 0 aromatic carbocycles. The molecule has 1 amide bonds. The Kier molecular flexibility index (Phi) is 2.93. The second kappa shape index (κ2) is 4.03. The molecule has 4 heteroatoms. The predicted octanol–water partition coefficient (Wildman–Crippen LogP) is 2.88. The number of amides is 1. The second-order valence-corrected chi connectivity index (χ2v) is 6.34. The normalized spacial score (nSPS) is 22.0. The van der Waals surface area contributed by atoms with Gasteiger partial charge in [-0.2, -0.15) is 0 Å². The summed E-state index contributed by atoms with van der Waals surface area (Å²) in [5.41, 5.74) is 0. The van der Waals surface area contributed by atoms with Crippen LogP contribution in [0.3, 0.4) is 0 Å². The number of likely N-dealkylation sites (tertiary alicyclic amines) is 1. The minimum absolute atomic E-state index is 0.294. The fourth-order valence-electron chi connectivity index (χ4n) is 1.75. The number of hydrogen-bond donors (Lipinski definition) is 0. The van der Waals surface area contributed by atoms with Gasteiger partial charge < -0.3 is 4.90 Å². The van der Waals surface area contributed by atoms with E-state index < -0.39 is 0 Å². The van der Waals surface area contributed by atoms with Crippen LogP contribution in [-0.2, 0) is 11.3 Å². The molecule has 1 unspecified atom stereocenters. The lowest BCUT2D eigenvalue weighted by molar-refractivity contribution is -0.128. The summed E-state index contributed by atoms with van der Waals surface area (Å²) >= 11 is 5.12. The van der Waals surface area contributed by atoms with Gasteiger partial charge in [0.15, 0.2) is 0 Å². The van der Waals surface area contributed by atoms with Gasteiger partial charge in [-0.15, -0.1) is 11.3 Å². The summed E-state index contributed by atoms with van der Waals surface area (Å²) in [6.45, 7) is 3.82. The topological polar surface area (TPSA) is 20.3 Å². The Morgan fingerprint density at radius 1 is 1.64 bits per heavy atom. The van der Waals surface area contributed by atoms with E-state index in [1.54, 1.807) is 11.3 Å². The van der Waals surface area contributed by atoms with Crippen molar-refractivity contribution in [1.29, 1.82) is 0 Å². The first-order valence-electron chi connectivity index (χ1n) is 4.67. The van der Waals surface area contributed by atoms with Crippen LogP contribution in [0.4, 0.5) is 0 Å². The molecule has 0 N–H and O–H groups in total. The Bertz CT molecular complexity index is 350. The molecule has 1 fully saturated rings. The Labute approximate surface area is 96.0 Å². The van der Waals surface area contributed by atoms with E-state index in [2.05, 4.69) is 28.9 Å². The van der Waals surface area contributed by atoms with Crippen molar-refractivity contribution in [2.75, 3.05) is 6.54 Å². The summed E-state index contributed by atoms with van der Waals surface area (Å²) in [5, 5.41) is 0. The van der Waals surface area contributed by atoms with Gasteiger partial charge in [0.05, 0.1) is 10.3 Å². The van der Waals surface area contributed by atoms with Crippen molar-refractivity contribution in [3.8, 4) is 0 Å². The quantitative estimate of drug-likeness (QED) is 0.812. The van der Waals surface area contributed by atoms with E-state index in [1.165, 1.54) is 4.88 Å². The van der Waals surface area contributed by atoms with Gasteiger partial charge in [-0.3, -0.25) is 4.79 Å². The van der Waals surface area contributed by atoms with Gasteiger partial charge in [-0.05, 0) is 34.0 Å². The van der Waals surface area contributed by atoms with Crippen molar-refractivity contribution in [2.24, 2.45) is 5.92 Å². The summed E-state index contributed by atoms with van der Waals surface area (Å²) < 4.78 is 1.13.